The minimum atomic E-state index is -0.758. The summed E-state index contributed by atoms with van der Waals surface area (Å²) in [7, 11) is 0. The van der Waals surface area contributed by atoms with Crippen LogP contribution in [0.2, 0.25) is 5.02 Å². The molecule has 2 aliphatic heterocycles. The fraction of sp³-hybridized carbons (Fsp3) is 0.562. The second-order valence-electron chi connectivity index (χ2n) is 6.16. The van der Waals surface area contributed by atoms with Gasteiger partial charge in [0.2, 0.25) is 0 Å². The molecule has 2 aliphatic rings. The molecule has 1 N–H and O–H groups in total. The molecule has 1 spiro atoms. The first-order valence-corrected chi connectivity index (χ1v) is 7.77. The van der Waals surface area contributed by atoms with Crippen LogP contribution >= 0.6 is 11.6 Å². The van der Waals surface area contributed by atoms with E-state index >= 15 is 0 Å². The Bertz CT molecular complexity index is 565. The number of rotatable bonds is 2. The zero-order valence-electron chi connectivity index (χ0n) is 12.2. The van der Waals surface area contributed by atoms with Crippen LogP contribution < -0.4 is 4.74 Å². The molecule has 0 bridgehead atoms. The first-order valence-electron chi connectivity index (χ1n) is 7.40. The lowest BCUT2D eigenvalue weighted by atomic mass is 9.83. The maximum atomic E-state index is 10.8. The van der Waals surface area contributed by atoms with Crippen LogP contribution in [0.1, 0.15) is 30.4 Å². The SMILES string of the molecule is Cc1cc2c(cc1Cl)CCC1(CCN(CC(=O)O)CC1)O2. The molecule has 4 nitrogen and oxygen atoms in total. The molecule has 0 radical (unpaired) electrons. The van der Waals surface area contributed by atoms with Crippen molar-refractivity contribution in [3.05, 3.63) is 28.3 Å². The number of piperidine rings is 1. The summed E-state index contributed by atoms with van der Waals surface area (Å²) in [5, 5.41) is 9.66. The van der Waals surface area contributed by atoms with Gasteiger partial charge in [-0.3, -0.25) is 9.69 Å². The minimum absolute atomic E-state index is 0.123. The monoisotopic (exact) mass is 309 g/mol. The van der Waals surface area contributed by atoms with E-state index < -0.39 is 5.97 Å². The first-order chi connectivity index (χ1) is 9.97. The molecule has 0 unspecified atom stereocenters. The normalized spacial score (nSPS) is 20.9. The van der Waals surface area contributed by atoms with E-state index in [4.69, 9.17) is 21.4 Å². The third kappa shape index (κ3) is 3.01. The molecular weight excluding hydrogens is 290 g/mol. The molecule has 0 aromatic heterocycles. The summed E-state index contributed by atoms with van der Waals surface area (Å²) in [6, 6.07) is 4.04. The van der Waals surface area contributed by atoms with Crippen molar-refractivity contribution in [3.8, 4) is 5.75 Å². The number of nitrogens with zero attached hydrogens (tertiary/aromatic N) is 1. The Hall–Kier alpha value is -1.26. The lowest BCUT2D eigenvalue weighted by Crippen LogP contribution is -2.50. The minimum Gasteiger partial charge on any atom is -0.487 e. The smallest absolute Gasteiger partial charge is 0.317 e. The second kappa shape index (κ2) is 5.50. The molecule has 0 aliphatic carbocycles. The molecule has 21 heavy (non-hydrogen) atoms. The predicted molar refractivity (Wildman–Crippen MR) is 81.2 cm³/mol. The summed E-state index contributed by atoms with van der Waals surface area (Å²) in [6.45, 7) is 3.69. The van der Waals surface area contributed by atoms with E-state index in [9.17, 15) is 4.79 Å². The molecule has 1 aromatic rings. The van der Waals surface area contributed by atoms with Gasteiger partial charge in [-0.2, -0.15) is 0 Å². The van der Waals surface area contributed by atoms with Crippen molar-refractivity contribution in [3.63, 3.8) is 0 Å². The molecule has 1 saturated heterocycles. The van der Waals surface area contributed by atoms with E-state index in [-0.39, 0.29) is 12.1 Å². The molecular formula is C16H20ClNO3. The lowest BCUT2D eigenvalue weighted by molar-refractivity contribution is -0.139. The van der Waals surface area contributed by atoms with Gasteiger partial charge in [-0.1, -0.05) is 11.6 Å². The van der Waals surface area contributed by atoms with Gasteiger partial charge in [0.1, 0.15) is 11.4 Å². The number of likely N-dealkylation sites (tertiary alicyclic amines) is 1. The number of carbonyl (C=O) groups is 1. The number of ether oxygens (including phenoxy) is 1. The largest absolute Gasteiger partial charge is 0.487 e. The molecule has 0 saturated carbocycles. The number of aliphatic carboxylic acids is 1. The highest BCUT2D eigenvalue weighted by atomic mass is 35.5. The zero-order valence-corrected chi connectivity index (χ0v) is 12.9. The molecule has 0 amide bonds. The quantitative estimate of drug-likeness (QED) is 0.912. The highest BCUT2D eigenvalue weighted by Crippen LogP contribution is 2.41. The molecule has 1 fully saturated rings. The summed E-state index contributed by atoms with van der Waals surface area (Å²) in [6.07, 6.45) is 3.75. The Labute approximate surface area is 129 Å². The summed E-state index contributed by atoms with van der Waals surface area (Å²) in [5.74, 6) is 0.195. The number of hydrogen-bond donors (Lipinski definition) is 1. The van der Waals surface area contributed by atoms with Crippen molar-refractivity contribution < 1.29 is 14.6 Å². The third-order valence-corrected chi connectivity index (χ3v) is 5.05. The van der Waals surface area contributed by atoms with Gasteiger partial charge in [0.15, 0.2) is 0 Å². The van der Waals surface area contributed by atoms with E-state index in [1.807, 2.05) is 24.0 Å². The molecule has 114 valence electrons. The molecule has 1 aromatic carbocycles. The van der Waals surface area contributed by atoms with Crippen LogP contribution in [0.25, 0.3) is 0 Å². The Morgan fingerprint density at radius 2 is 2.10 bits per heavy atom. The molecule has 5 heteroatoms. The van der Waals surface area contributed by atoms with Crippen LogP contribution in [0.3, 0.4) is 0 Å². The Kier molecular flexibility index (Phi) is 3.84. The highest BCUT2D eigenvalue weighted by molar-refractivity contribution is 6.31. The number of benzene rings is 1. The van der Waals surface area contributed by atoms with E-state index in [1.165, 1.54) is 5.56 Å². The van der Waals surface area contributed by atoms with Crippen molar-refractivity contribution in [1.82, 2.24) is 4.90 Å². The zero-order chi connectivity index (χ0) is 15.0. The predicted octanol–water partition coefficient (Wildman–Crippen LogP) is 2.89. The van der Waals surface area contributed by atoms with Crippen LogP contribution in [-0.4, -0.2) is 41.2 Å². The summed E-state index contributed by atoms with van der Waals surface area (Å²) in [5.41, 5.74) is 2.10. The average Bonchev–Trinajstić information content (AvgIpc) is 2.43. The van der Waals surface area contributed by atoms with E-state index in [2.05, 4.69) is 0 Å². The van der Waals surface area contributed by atoms with Crippen LogP contribution in [0.15, 0.2) is 12.1 Å². The van der Waals surface area contributed by atoms with Gasteiger partial charge in [-0.25, -0.2) is 0 Å². The number of halogens is 1. The first kappa shape index (κ1) is 14.7. The van der Waals surface area contributed by atoms with Crippen LogP contribution in [0.5, 0.6) is 5.75 Å². The summed E-state index contributed by atoms with van der Waals surface area (Å²) >= 11 is 6.17. The van der Waals surface area contributed by atoms with Crippen molar-refractivity contribution in [1.29, 1.82) is 0 Å². The third-order valence-electron chi connectivity index (χ3n) is 4.64. The van der Waals surface area contributed by atoms with E-state index in [0.717, 1.165) is 55.1 Å². The number of carboxylic acid groups (broad SMARTS) is 1. The van der Waals surface area contributed by atoms with E-state index in [0.29, 0.717) is 0 Å². The topological polar surface area (TPSA) is 49.8 Å². The van der Waals surface area contributed by atoms with Gasteiger partial charge >= 0.3 is 5.97 Å². The number of carboxylic acids is 1. The number of hydrogen-bond acceptors (Lipinski definition) is 3. The van der Waals surface area contributed by atoms with Crippen molar-refractivity contribution in [2.75, 3.05) is 19.6 Å². The van der Waals surface area contributed by atoms with Gasteiger partial charge in [0.25, 0.3) is 0 Å². The lowest BCUT2D eigenvalue weighted by Gasteiger charge is -2.44. The fourth-order valence-corrected chi connectivity index (χ4v) is 3.48. The van der Waals surface area contributed by atoms with Crippen LogP contribution in [0.4, 0.5) is 0 Å². The Morgan fingerprint density at radius 3 is 2.76 bits per heavy atom. The molecule has 3 rings (SSSR count). The van der Waals surface area contributed by atoms with Crippen molar-refractivity contribution >= 4 is 17.6 Å². The summed E-state index contributed by atoms with van der Waals surface area (Å²) < 4.78 is 6.32. The van der Waals surface area contributed by atoms with Gasteiger partial charge in [-0.05, 0) is 55.9 Å². The highest BCUT2D eigenvalue weighted by Gasteiger charge is 2.39. The van der Waals surface area contributed by atoms with Crippen molar-refractivity contribution in [2.45, 2.75) is 38.2 Å². The standard InChI is InChI=1S/C16H20ClNO3/c1-11-8-14-12(9-13(11)17)2-3-16(21-14)4-6-18(7-5-16)10-15(19)20/h8-9H,2-7,10H2,1H3,(H,19,20). The Balaban J connectivity index is 1.72. The van der Waals surface area contributed by atoms with Gasteiger partial charge in [-0.15, -0.1) is 0 Å². The maximum Gasteiger partial charge on any atom is 0.317 e. The van der Waals surface area contributed by atoms with Gasteiger partial charge in [0, 0.05) is 18.1 Å². The Morgan fingerprint density at radius 1 is 1.38 bits per heavy atom. The van der Waals surface area contributed by atoms with Crippen molar-refractivity contribution in [2.24, 2.45) is 0 Å². The van der Waals surface area contributed by atoms with Gasteiger partial charge < -0.3 is 9.84 Å². The van der Waals surface area contributed by atoms with Crippen LogP contribution in [0, 0.1) is 6.92 Å². The maximum absolute atomic E-state index is 10.8. The molecule has 0 atom stereocenters. The van der Waals surface area contributed by atoms with Crippen LogP contribution in [-0.2, 0) is 11.2 Å². The summed E-state index contributed by atoms with van der Waals surface area (Å²) in [4.78, 5) is 12.8. The second-order valence-corrected chi connectivity index (χ2v) is 6.57. The average molecular weight is 310 g/mol. The fourth-order valence-electron chi connectivity index (χ4n) is 3.30. The number of aryl methyl sites for hydroxylation is 2. The number of fused-ring (bicyclic) bond motifs is 1. The molecule has 2 heterocycles. The van der Waals surface area contributed by atoms with E-state index in [1.54, 1.807) is 0 Å². The van der Waals surface area contributed by atoms with Gasteiger partial charge in [0.05, 0.1) is 6.54 Å².